The molecule has 2 aliphatic heterocycles. The van der Waals surface area contributed by atoms with Crippen molar-refractivity contribution < 1.29 is 9.15 Å². The lowest BCUT2D eigenvalue weighted by Gasteiger charge is -2.39. The number of rotatable bonds is 6. The highest BCUT2D eigenvalue weighted by Gasteiger charge is 2.35. The summed E-state index contributed by atoms with van der Waals surface area (Å²) in [6.45, 7) is 6.48. The number of hydrogen-bond donors (Lipinski definition) is 1. The fraction of sp³-hybridized carbons (Fsp3) is 0.750. The molecule has 1 aromatic heterocycles. The predicted octanol–water partition coefficient (Wildman–Crippen LogP) is 2.05. The van der Waals surface area contributed by atoms with Gasteiger partial charge in [0.05, 0.1) is 25.2 Å². The summed E-state index contributed by atoms with van der Waals surface area (Å²) in [5.74, 6) is 0. The van der Waals surface area contributed by atoms with Crippen LogP contribution in [-0.4, -0.2) is 49.3 Å². The highest BCUT2D eigenvalue weighted by molar-refractivity contribution is 5.09. The lowest BCUT2D eigenvalue weighted by molar-refractivity contribution is -0.0643. The fourth-order valence-electron chi connectivity index (χ4n) is 3.41. The Morgan fingerprint density at radius 2 is 2.45 bits per heavy atom. The van der Waals surface area contributed by atoms with Gasteiger partial charge in [0.1, 0.15) is 0 Å². The Morgan fingerprint density at radius 1 is 1.50 bits per heavy atom. The van der Waals surface area contributed by atoms with E-state index < -0.39 is 0 Å². The SMILES string of the molecule is CCCNC(Cc1ccoc1)C1CN2CCCC2CO1. The van der Waals surface area contributed by atoms with Crippen molar-refractivity contribution in [3.63, 3.8) is 0 Å². The van der Waals surface area contributed by atoms with E-state index in [9.17, 15) is 0 Å². The van der Waals surface area contributed by atoms with E-state index in [0.29, 0.717) is 18.2 Å². The monoisotopic (exact) mass is 278 g/mol. The van der Waals surface area contributed by atoms with Crippen molar-refractivity contribution in [1.82, 2.24) is 10.2 Å². The molecule has 0 radical (unpaired) electrons. The molecule has 3 atom stereocenters. The van der Waals surface area contributed by atoms with E-state index in [1.54, 1.807) is 6.26 Å². The second kappa shape index (κ2) is 6.74. The first-order chi connectivity index (χ1) is 9.86. The van der Waals surface area contributed by atoms with E-state index in [-0.39, 0.29) is 0 Å². The van der Waals surface area contributed by atoms with Crippen LogP contribution in [0.2, 0.25) is 0 Å². The van der Waals surface area contributed by atoms with E-state index in [1.165, 1.54) is 24.9 Å². The molecule has 0 bridgehead atoms. The second-order valence-corrected chi connectivity index (χ2v) is 6.06. The molecule has 2 aliphatic rings. The number of morpholine rings is 1. The Morgan fingerprint density at radius 3 is 3.25 bits per heavy atom. The van der Waals surface area contributed by atoms with Crippen molar-refractivity contribution in [2.45, 2.75) is 50.8 Å². The molecular formula is C16H26N2O2. The summed E-state index contributed by atoms with van der Waals surface area (Å²) in [6.07, 6.45) is 8.68. The number of furan rings is 1. The molecule has 3 heterocycles. The van der Waals surface area contributed by atoms with Crippen LogP contribution in [0.1, 0.15) is 31.7 Å². The van der Waals surface area contributed by atoms with Gasteiger partial charge in [0, 0.05) is 18.6 Å². The fourth-order valence-corrected chi connectivity index (χ4v) is 3.41. The third kappa shape index (κ3) is 3.25. The molecule has 0 aliphatic carbocycles. The highest BCUT2D eigenvalue weighted by Crippen LogP contribution is 2.24. The summed E-state index contributed by atoms with van der Waals surface area (Å²) in [4.78, 5) is 2.62. The molecule has 2 saturated heterocycles. The predicted molar refractivity (Wildman–Crippen MR) is 78.8 cm³/mol. The van der Waals surface area contributed by atoms with Crippen LogP contribution in [0.4, 0.5) is 0 Å². The molecule has 1 aromatic rings. The number of hydrogen-bond acceptors (Lipinski definition) is 4. The van der Waals surface area contributed by atoms with E-state index in [4.69, 9.17) is 9.15 Å². The summed E-state index contributed by atoms with van der Waals surface area (Å²) >= 11 is 0. The van der Waals surface area contributed by atoms with Gasteiger partial charge < -0.3 is 14.5 Å². The molecule has 3 rings (SSSR count). The maximum Gasteiger partial charge on any atom is 0.0935 e. The number of nitrogens with one attached hydrogen (secondary N) is 1. The van der Waals surface area contributed by atoms with Crippen molar-refractivity contribution in [3.8, 4) is 0 Å². The lowest BCUT2D eigenvalue weighted by atomic mass is 10.0. The maximum atomic E-state index is 6.17. The zero-order valence-corrected chi connectivity index (χ0v) is 12.4. The number of ether oxygens (including phenoxy) is 1. The molecule has 4 nitrogen and oxygen atoms in total. The average Bonchev–Trinajstić information content (AvgIpc) is 3.13. The number of fused-ring (bicyclic) bond motifs is 1. The van der Waals surface area contributed by atoms with Crippen LogP contribution in [-0.2, 0) is 11.2 Å². The van der Waals surface area contributed by atoms with Crippen LogP contribution >= 0.6 is 0 Å². The van der Waals surface area contributed by atoms with Gasteiger partial charge in [-0.05, 0) is 50.4 Å². The summed E-state index contributed by atoms with van der Waals surface area (Å²) in [6, 6.07) is 3.11. The van der Waals surface area contributed by atoms with Crippen molar-refractivity contribution in [2.24, 2.45) is 0 Å². The van der Waals surface area contributed by atoms with E-state index in [0.717, 1.165) is 32.5 Å². The molecular weight excluding hydrogens is 252 g/mol. The quantitative estimate of drug-likeness (QED) is 0.864. The van der Waals surface area contributed by atoms with Gasteiger partial charge in [-0.3, -0.25) is 4.90 Å². The third-order valence-electron chi connectivity index (χ3n) is 4.56. The molecule has 20 heavy (non-hydrogen) atoms. The van der Waals surface area contributed by atoms with E-state index in [1.807, 2.05) is 6.26 Å². The normalized spacial score (nSPS) is 28.4. The Labute approximate surface area is 121 Å². The van der Waals surface area contributed by atoms with Crippen LogP contribution in [0, 0.1) is 0 Å². The Bertz CT molecular complexity index is 393. The van der Waals surface area contributed by atoms with E-state index in [2.05, 4.69) is 23.2 Å². The largest absolute Gasteiger partial charge is 0.472 e. The first-order valence-electron chi connectivity index (χ1n) is 7.97. The molecule has 0 aromatic carbocycles. The van der Waals surface area contributed by atoms with Gasteiger partial charge in [0.15, 0.2) is 0 Å². The van der Waals surface area contributed by atoms with Gasteiger partial charge in [-0.15, -0.1) is 0 Å². The Balaban J connectivity index is 1.62. The topological polar surface area (TPSA) is 37.6 Å². The Hall–Kier alpha value is -0.840. The molecule has 0 spiro atoms. The van der Waals surface area contributed by atoms with Gasteiger partial charge in [-0.2, -0.15) is 0 Å². The average molecular weight is 278 g/mol. The summed E-state index contributed by atoms with van der Waals surface area (Å²) in [5.41, 5.74) is 1.26. The highest BCUT2D eigenvalue weighted by atomic mass is 16.5. The smallest absolute Gasteiger partial charge is 0.0935 e. The zero-order chi connectivity index (χ0) is 13.8. The second-order valence-electron chi connectivity index (χ2n) is 6.06. The molecule has 0 saturated carbocycles. The summed E-state index contributed by atoms with van der Waals surface area (Å²) in [5, 5.41) is 3.66. The van der Waals surface area contributed by atoms with Gasteiger partial charge >= 0.3 is 0 Å². The van der Waals surface area contributed by atoms with Crippen molar-refractivity contribution in [1.29, 1.82) is 0 Å². The van der Waals surface area contributed by atoms with Crippen molar-refractivity contribution in [3.05, 3.63) is 24.2 Å². The zero-order valence-electron chi connectivity index (χ0n) is 12.4. The van der Waals surface area contributed by atoms with Crippen LogP contribution in [0.5, 0.6) is 0 Å². The molecule has 0 amide bonds. The first kappa shape index (κ1) is 14.1. The molecule has 112 valence electrons. The summed E-state index contributed by atoms with van der Waals surface area (Å²) < 4.78 is 11.4. The lowest BCUT2D eigenvalue weighted by Crippen LogP contribution is -2.55. The van der Waals surface area contributed by atoms with Crippen molar-refractivity contribution >= 4 is 0 Å². The minimum Gasteiger partial charge on any atom is -0.472 e. The molecule has 1 N–H and O–H groups in total. The van der Waals surface area contributed by atoms with Crippen molar-refractivity contribution in [2.75, 3.05) is 26.2 Å². The van der Waals surface area contributed by atoms with Crippen LogP contribution in [0.3, 0.4) is 0 Å². The van der Waals surface area contributed by atoms with Gasteiger partial charge in [-0.1, -0.05) is 6.92 Å². The molecule has 4 heteroatoms. The van der Waals surface area contributed by atoms with Crippen LogP contribution < -0.4 is 5.32 Å². The van der Waals surface area contributed by atoms with Gasteiger partial charge in [0.25, 0.3) is 0 Å². The maximum absolute atomic E-state index is 6.17. The number of nitrogens with zero attached hydrogens (tertiary/aromatic N) is 1. The van der Waals surface area contributed by atoms with Crippen LogP contribution in [0.15, 0.2) is 23.0 Å². The van der Waals surface area contributed by atoms with Gasteiger partial charge in [-0.25, -0.2) is 0 Å². The van der Waals surface area contributed by atoms with Crippen LogP contribution in [0.25, 0.3) is 0 Å². The third-order valence-corrected chi connectivity index (χ3v) is 4.56. The minimum absolute atomic E-state index is 0.297. The van der Waals surface area contributed by atoms with Gasteiger partial charge in [0.2, 0.25) is 0 Å². The minimum atomic E-state index is 0.297. The van der Waals surface area contributed by atoms with E-state index >= 15 is 0 Å². The molecule has 3 unspecified atom stereocenters. The molecule has 2 fully saturated rings. The summed E-state index contributed by atoms with van der Waals surface area (Å²) in [7, 11) is 0. The standard InChI is InChI=1S/C16H26N2O2/c1-2-6-17-15(9-13-5-8-19-11-13)16-10-18-7-3-4-14(18)12-20-16/h5,8,11,14-17H,2-4,6-7,9-10,12H2,1H3. The Kier molecular flexibility index (Phi) is 4.76. The first-order valence-corrected chi connectivity index (χ1v) is 7.97.